The number of amides is 1. The molecule has 0 N–H and O–H groups in total. The smallest absolute Gasteiger partial charge is 0.273 e. The molecule has 26 heavy (non-hydrogen) atoms. The van der Waals surface area contributed by atoms with E-state index in [1.165, 1.54) is 17.5 Å². The van der Waals surface area contributed by atoms with Gasteiger partial charge in [0.05, 0.1) is 11.0 Å². The topological polar surface area (TPSA) is 36.4 Å². The van der Waals surface area contributed by atoms with Crippen LogP contribution in [0.2, 0.25) is 0 Å². The second kappa shape index (κ2) is 8.78. The van der Waals surface area contributed by atoms with Crippen LogP contribution in [0.25, 0.3) is 0 Å². The number of rotatable bonds is 6. The summed E-state index contributed by atoms with van der Waals surface area (Å²) in [6.07, 6.45) is 5.30. The first-order chi connectivity index (χ1) is 12.6. The normalized spacial score (nSPS) is 17.7. The Bertz CT molecular complexity index is 723. The molecule has 0 aliphatic carbocycles. The third kappa shape index (κ3) is 4.51. The first-order valence-electron chi connectivity index (χ1n) is 9.57. The van der Waals surface area contributed by atoms with Gasteiger partial charge >= 0.3 is 0 Å². The number of aromatic nitrogens is 1. The van der Waals surface area contributed by atoms with Gasteiger partial charge in [0, 0.05) is 18.5 Å². The number of piperidine rings is 1. The molecule has 1 saturated heterocycles. The van der Waals surface area contributed by atoms with E-state index in [-0.39, 0.29) is 11.9 Å². The predicted octanol–water partition coefficient (Wildman–Crippen LogP) is 4.52. The maximum Gasteiger partial charge on any atom is 0.273 e. The van der Waals surface area contributed by atoms with Gasteiger partial charge in [0.25, 0.3) is 5.91 Å². The van der Waals surface area contributed by atoms with Crippen molar-refractivity contribution in [3.05, 3.63) is 51.5 Å². The maximum atomic E-state index is 13.1. The first kappa shape index (κ1) is 19.1. The summed E-state index contributed by atoms with van der Waals surface area (Å²) < 4.78 is 0. The molecule has 4 nitrogen and oxygen atoms in total. The van der Waals surface area contributed by atoms with Crippen LogP contribution in [0, 0.1) is 0 Å². The summed E-state index contributed by atoms with van der Waals surface area (Å²) in [5.41, 5.74) is 3.16. The number of benzene rings is 1. The van der Waals surface area contributed by atoms with Crippen LogP contribution in [0.4, 0.5) is 0 Å². The Hall–Kier alpha value is -1.72. The van der Waals surface area contributed by atoms with Gasteiger partial charge in [-0.15, -0.1) is 11.3 Å². The number of nitrogens with zero attached hydrogens (tertiary/aromatic N) is 3. The number of likely N-dealkylation sites (tertiary alicyclic amines) is 1. The lowest BCUT2D eigenvalue weighted by atomic mass is 9.94. The summed E-state index contributed by atoms with van der Waals surface area (Å²) in [5, 5.41) is 3.00. The molecular formula is C21H29N3OS. The van der Waals surface area contributed by atoms with E-state index in [1.54, 1.807) is 11.3 Å². The Balaban J connectivity index is 1.77. The van der Waals surface area contributed by atoms with Crippen molar-refractivity contribution in [1.82, 2.24) is 14.8 Å². The molecule has 2 heterocycles. The van der Waals surface area contributed by atoms with Crippen LogP contribution in [0.3, 0.4) is 0 Å². The predicted molar refractivity (Wildman–Crippen MR) is 108 cm³/mol. The zero-order chi connectivity index (χ0) is 18.5. The average molecular weight is 372 g/mol. The molecule has 3 rings (SSSR count). The molecule has 0 spiro atoms. The lowest BCUT2D eigenvalue weighted by molar-refractivity contribution is 0.0606. The zero-order valence-corrected chi connectivity index (χ0v) is 16.9. The van der Waals surface area contributed by atoms with Gasteiger partial charge in [-0.25, -0.2) is 4.98 Å². The standard InChI is InChI=1S/C21H29N3OS/c1-4-7-20-22-18(15-26-20)21(25)24-13-6-5-8-19(24)17-11-9-16(10-12-17)14-23(2)3/h9-12,15,19H,4-8,13-14H2,1-3H3. The molecule has 1 aromatic heterocycles. The average Bonchev–Trinajstić information content (AvgIpc) is 3.10. The molecule has 0 radical (unpaired) electrons. The van der Waals surface area contributed by atoms with Gasteiger partial charge in [0.15, 0.2) is 0 Å². The van der Waals surface area contributed by atoms with Crippen molar-refractivity contribution < 1.29 is 4.79 Å². The number of thiazole rings is 1. The highest BCUT2D eigenvalue weighted by Gasteiger charge is 2.29. The van der Waals surface area contributed by atoms with Crippen LogP contribution in [-0.2, 0) is 13.0 Å². The van der Waals surface area contributed by atoms with E-state index >= 15 is 0 Å². The fourth-order valence-electron chi connectivity index (χ4n) is 3.62. The molecular weight excluding hydrogens is 342 g/mol. The van der Waals surface area contributed by atoms with Crippen LogP contribution in [-0.4, -0.2) is 41.3 Å². The highest BCUT2D eigenvalue weighted by molar-refractivity contribution is 7.09. The summed E-state index contributed by atoms with van der Waals surface area (Å²) >= 11 is 1.61. The van der Waals surface area contributed by atoms with Crippen molar-refractivity contribution in [3.63, 3.8) is 0 Å². The van der Waals surface area contributed by atoms with Gasteiger partial charge in [-0.05, 0) is 57.3 Å². The molecule has 1 atom stereocenters. The molecule has 1 amide bonds. The minimum Gasteiger partial charge on any atom is -0.330 e. The molecule has 2 aromatic rings. The van der Waals surface area contributed by atoms with Crippen molar-refractivity contribution in [2.75, 3.05) is 20.6 Å². The van der Waals surface area contributed by atoms with Crippen LogP contribution >= 0.6 is 11.3 Å². The monoisotopic (exact) mass is 371 g/mol. The Labute approximate surface area is 160 Å². The number of aryl methyl sites for hydroxylation is 1. The summed E-state index contributed by atoms with van der Waals surface area (Å²) in [7, 11) is 4.16. The molecule has 5 heteroatoms. The van der Waals surface area contributed by atoms with Crippen molar-refractivity contribution >= 4 is 17.2 Å². The fourth-order valence-corrected chi connectivity index (χ4v) is 4.49. The summed E-state index contributed by atoms with van der Waals surface area (Å²) in [6.45, 7) is 3.90. The minimum atomic E-state index is 0.0886. The van der Waals surface area contributed by atoms with Crippen LogP contribution in [0.1, 0.15) is 65.3 Å². The van der Waals surface area contributed by atoms with E-state index in [1.807, 2.05) is 10.3 Å². The minimum absolute atomic E-state index is 0.0886. The largest absolute Gasteiger partial charge is 0.330 e. The van der Waals surface area contributed by atoms with E-state index in [0.717, 1.165) is 43.8 Å². The molecule has 1 fully saturated rings. The van der Waals surface area contributed by atoms with E-state index < -0.39 is 0 Å². The van der Waals surface area contributed by atoms with Crippen molar-refractivity contribution in [2.45, 2.75) is 51.6 Å². The summed E-state index contributed by atoms with van der Waals surface area (Å²) in [5.74, 6) is 0.0886. The maximum absolute atomic E-state index is 13.1. The van der Waals surface area contributed by atoms with E-state index in [0.29, 0.717) is 5.69 Å². The molecule has 1 aliphatic heterocycles. The van der Waals surface area contributed by atoms with Crippen LogP contribution in [0.15, 0.2) is 29.6 Å². The molecule has 0 bridgehead atoms. The van der Waals surface area contributed by atoms with Gasteiger partial charge in [-0.1, -0.05) is 31.2 Å². The Morgan fingerprint density at radius 2 is 2.04 bits per heavy atom. The van der Waals surface area contributed by atoms with Crippen LogP contribution < -0.4 is 0 Å². The van der Waals surface area contributed by atoms with Crippen molar-refractivity contribution in [2.24, 2.45) is 0 Å². The van der Waals surface area contributed by atoms with Gasteiger partial charge in [-0.2, -0.15) is 0 Å². The van der Waals surface area contributed by atoms with Gasteiger partial charge in [0.2, 0.25) is 0 Å². The lowest BCUT2D eigenvalue weighted by Crippen LogP contribution is -2.38. The second-order valence-corrected chi connectivity index (χ2v) is 8.31. The Kier molecular flexibility index (Phi) is 6.43. The van der Waals surface area contributed by atoms with E-state index in [9.17, 15) is 4.79 Å². The second-order valence-electron chi connectivity index (χ2n) is 7.37. The number of hydrogen-bond acceptors (Lipinski definition) is 4. The third-order valence-electron chi connectivity index (χ3n) is 4.86. The van der Waals surface area contributed by atoms with Gasteiger partial charge in [-0.3, -0.25) is 4.79 Å². The molecule has 0 saturated carbocycles. The highest BCUT2D eigenvalue weighted by Crippen LogP contribution is 2.32. The lowest BCUT2D eigenvalue weighted by Gasteiger charge is -2.35. The van der Waals surface area contributed by atoms with E-state index in [2.05, 4.69) is 55.2 Å². The van der Waals surface area contributed by atoms with E-state index in [4.69, 9.17) is 0 Å². The molecule has 1 aromatic carbocycles. The number of carbonyl (C=O) groups excluding carboxylic acids is 1. The summed E-state index contributed by atoms with van der Waals surface area (Å²) in [4.78, 5) is 21.9. The Morgan fingerprint density at radius 1 is 1.27 bits per heavy atom. The molecule has 1 aliphatic rings. The molecule has 140 valence electrons. The van der Waals surface area contributed by atoms with Crippen molar-refractivity contribution in [3.8, 4) is 0 Å². The Morgan fingerprint density at radius 3 is 2.73 bits per heavy atom. The zero-order valence-electron chi connectivity index (χ0n) is 16.1. The van der Waals surface area contributed by atoms with Gasteiger partial charge in [0.1, 0.15) is 5.69 Å². The number of hydrogen-bond donors (Lipinski definition) is 0. The third-order valence-corrected chi connectivity index (χ3v) is 5.77. The first-order valence-corrected chi connectivity index (χ1v) is 10.5. The summed E-state index contributed by atoms with van der Waals surface area (Å²) in [6, 6.07) is 8.93. The van der Waals surface area contributed by atoms with Crippen molar-refractivity contribution in [1.29, 1.82) is 0 Å². The van der Waals surface area contributed by atoms with Crippen LogP contribution in [0.5, 0.6) is 0 Å². The quantitative estimate of drug-likeness (QED) is 0.749. The molecule has 1 unspecified atom stereocenters. The van der Waals surface area contributed by atoms with Gasteiger partial charge < -0.3 is 9.80 Å². The SMILES string of the molecule is CCCc1nc(C(=O)N2CCCCC2c2ccc(CN(C)C)cc2)cs1. The fraction of sp³-hybridized carbons (Fsp3) is 0.524. The highest BCUT2D eigenvalue weighted by atomic mass is 32.1. The number of carbonyl (C=O) groups is 1.